The van der Waals surface area contributed by atoms with E-state index in [1.807, 2.05) is 36.5 Å². The van der Waals surface area contributed by atoms with Gasteiger partial charge in [0.2, 0.25) is 11.8 Å². The number of aromatic nitrogens is 2. The van der Waals surface area contributed by atoms with E-state index in [1.165, 1.54) is 0 Å². The first-order chi connectivity index (χ1) is 12.6. The van der Waals surface area contributed by atoms with Gasteiger partial charge in [-0.05, 0) is 49.9 Å². The van der Waals surface area contributed by atoms with E-state index in [2.05, 4.69) is 15.7 Å². The Morgan fingerprint density at radius 3 is 2.62 bits per heavy atom. The van der Waals surface area contributed by atoms with Crippen molar-refractivity contribution in [1.29, 1.82) is 0 Å². The standard InChI is InChI=1S/C20H26N4O2/c1-15(23-20(26)17-5-2-3-6-17)19(25)21-13-11-16-7-9-18(10-8-16)24-14-4-12-22-24/h4,7-10,12,14-15,17H,2-3,5-6,11,13H2,1H3,(H,21,25)(H,23,26). The Balaban J connectivity index is 1.40. The summed E-state index contributed by atoms with van der Waals surface area (Å²) in [6, 6.07) is 9.48. The summed E-state index contributed by atoms with van der Waals surface area (Å²) in [7, 11) is 0. The molecular weight excluding hydrogens is 328 g/mol. The van der Waals surface area contributed by atoms with E-state index in [-0.39, 0.29) is 17.7 Å². The normalized spacial score (nSPS) is 15.6. The van der Waals surface area contributed by atoms with Crippen molar-refractivity contribution in [2.45, 2.75) is 45.1 Å². The molecule has 1 aliphatic carbocycles. The second-order valence-electron chi connectivity index (χ2n) is 6.87. The first-order valence-corrected chi connectivity index (χ1v) is 9.30. The van der Waals surface area contributed by atoms with Gasteiger partial charge in [0.15, 0.2) is 0 Å². The van der Waals surface area contributed by atoms with Crippen LogP contribution in [0.1, 0.15) is 38.2 Å². The zero-order valence-electron chi connectivity index (χ0n) is 15.1. The minimum Gasteiger partial charge on any atom is -0.354 e. The van der Waals surface area contributed by atoms with Crippen LogP contribution in [0.5, 0.6) is 0 Å². The summed E-state index contributed by atoms with van der Waals surface area (Å²) >= 11 is 0. The van der Waals surface area contributed by atoms with Gasteiger partial charge in [0.1, 0.15) is 6.04 Å². The van der Waals surface area contributed by atoms with Crippen molar-refractivity contribution in [2.75, 3.05) is 6.54 Å². The van der Waals surface area contributed by atoms with Gasteiger partial charge in [-0.15, -0.1) is 0 Å². The van der Waals surface area contributed by atoms with Crippen LogP contribution >= 0.6 is 0 Å². The second kappa shape index (κ2) is 8.65. The van der Waals surface area contributed by atoms with Crippen LogP contribution in [0.4, 0.5) is 0 Å². The lowest BCUT2D eigenvalue weighted by Gasteiger charge is -2.16. The van der Waals surface area contributed by atoms with E-state index in [0.717, 1.165) is 43.4 Å². The van der Waals surface area contributed by atoms with Crippen LogP contribution in [-0.2, 0) is 16.0 Å². The molecule has 0 saturated heterocycles. The number of nitrogens with one attached hydrogen (secondary N) is 2. The molecule has 6 heteroatoms. The van der Waals surface area contributed by atoms with Gasteiger partial charge >= 0.3 is 0 Å². The minimum absolute atomic E-state index is 0.0133. The molecule has 1 fully saturated rings. The summed E-state index contributed by atoms with van der Waals surface area (Å²) in [4.78, 5) is 24.2. The highest BCUT2D eigenvalue weighted by molar-refractivity contribution is 5.88. The Kier molecular flexibility index (Phi) is 6.04. The smallest absolute Gasteiger partial charge is 0.242 e. The first-order valence-electron chi connectivity index (χ1n) is 9.30. The maximum atomic E-state index is 12.2. The number of hydrogen-bond acceptors (Lipinski definition) is 3. The molecule has 0 bridgehead atoms. The molecule has 0 aliphatic heterocycles. The highest BCUT2D eigenvalue weighted by Gasteiger charge is 2.25. The highest BCUT2D eigenvalue weighted by atomic mass is 16.2. The molecule has 26 heavy (non-hydrogen) atoms. The number of carbonyl (C=O) groups excluding carboxylic acids is 2. The van der Waals surface area contributed by atoms with Gasteiger partial charge in [-0.1, -0.05) is 25.0 Å². The molecule has 1 aliphatic rings. The van der Waals surface area contributed by atoms with Crippen molar-refractivity contribution in [2.24, 2.45) is 5.92 Å². The van der Waals surface area contributed by atoms with E-state index >= 15 is 0 Å². The summed E-state index contributed by atoms with van der Waals surface area (Å²) in [6.07, 6.45) is 8.49. The molecule has 1 aromatic heterocycles. The molecule has 2 aromatic rings. The highest BCUT2D eigenvalue weighted by Crippen LogP contribution is 2.24. The fourth-order valence-corrected chi connectivity index (χ4v) is 3.30. The van der Waals surface area contributed by atoms with Gasteiger partial charge < -0.3 is 10.6 Å². The molecule has 3 rings (SSSR count). The van der Waals surface area contributed by atoms with Crippen LogP contribution in [0.15, 0.2) is 42.7 Å². The molecule has 1 aromatic carbocycles. The van der Waals surface area contributed by atoms with Gasteiger partial charge in [-0.3, -0.25) is 9.59 Å². The van der Waals surface area contributed by atoms with Crippen molar-refractivity contribution in [3.63, 3.8) is 0 Å². The number of nitrogens with zero attached hydrogens (tertiary/aromatic N) is 2. The molecule has 1 saturated carbocycles. The largest absolute Gasteiger partial charge is 0.354 e. The summed E-state index contributed by atoms with van der Waals surface area (Å²) in [5, 5.41) is 9.93. The Bertz CT molecular complexity index is 719. The summed E-state index contributed by atoms with van der Waals surface area (Å²) in [5.74, 6) is -0.0394. The van der Waals surface area contributed by atoms with Crippen LogP contribution in [0.25, 0.3) is 5.69 Å². The zero-order chi connectivity index (χ0) is 18.4. The lowest BCUT2D eigenvalue weighted by Crippen LogP contribution is -2.46. The molecule has 138 valence electrons. The fraction of sp³-hybridized carbons (Fsp3) is 0.450. The maximum absolute atomic E-state index is 12.2. The predicted octanol–water partition coefficient (Wildman–Crippen LogP) is 2.23. The molecule has 6 nitrogen and oxygen atoms in total. The Labute approximate surface area is 154 Å². The monoisotopic (exact) mass is 354 g/mol. The summed E-state index contributed by atoms with van der Waals surface area (Å²) < 4.78 is 1.81. The van der Waals surface area contributed by atoms with Gasteiger partial charge in [-0.25, -0.2) is 4.68 Å². The summed E-state index contributed by atoms with van der Waals surface area (Å²) in [6.45, 7) is 2.28. The second-order valence-corrected chi connectivity index (χ2v) is 6.87. The van der Waals surface area contributed by atoms with Crippen molar-refractivity contribution < 1.29 is 9.59 Å². The minimum atomic E-state index is -0.495. The third-order valence-corrected chi connectivity index (χ3v) is 4.90. The molecule has 1 atom stereocenters. The Morgan fingerprint density at radius 1 is 1.23 bits per heavy atom. The molecule has 0 spiro atoms. The molecule has 0 radical (unpaired) electrons. The van der Waals surface area contributed by atoms with E-state index < -0.39 is 6.04 Å². The topological polar surface area (TPSA) is 76.0 Å². The third-order valence-electron chi connectivity index (χ3n) is 4.90. The van der Waals surface area contributed by atoms with Gasteiger partial charge in [0, 0.05) is 24.9 Å². The van der Waals surface area contributed by atoms with E-state index in [0.29, 0.717) is 6.54 Å². The lowest BCUT2D eigenvalue weighted by molar-refractivity contribution is -0.130. The number of benzene rings is 1. The fourth-order valence-electron chi connectivity index (χ4n) is 3.30. The van der Waals surface area contributed by atoms with Crippen molar-refractivity contribution in [1.82, 2.24) is 20.4 Å². The molecule has 1 unspecified atom stereocenters. The summed E-state index contributed by atoms with van der Waals surface area (Å²) in [5.41, 5.74) is 2.15. The van der Waals surface area contributed by atoms with Crippen LogP contribution in [0.3, 0.4) is 0 Å². The van der Waals surface area contributed by atoms with Crippen molar-refractivity contribution in [3.8, 4) is 5.69 Å². The Morgan fingerprint density at radius 2 is 1.96 bits per heavy atom. The lowest BCUT2D eigenvalue weighted by atomic mass is 10.1. The van der Waals surface area contributed by atoms with Crippen LogP contribution < -0.4 is 10.6 Å². The van der Waals surface area contributed by atoms with Crippen LogP contribution in [-0.4, -0.2) is 34.2 Å². The van der Waals surface area contributed by atoms with E-state index in [4.69, 9.17) is 0 Å². The van der Waals surface area contributed by atoms with Crippen molar-refractivity contribution in [3.05, 3.63) is 48.3 Å². The predicted molar refractivity (Wildman–Crippen MR) is 99.8 cm³/mol. The van der Waals surface area contributed by atoms with E-state index in [1.54, 1.807) is 17.8 Å². The SMILES string of the molecule is CC(NC(=O)C1CCCC1)C(=O)NCCc1ccc(-n2cccn2)cc1. The average molecular weight is 354 g/mol. The number of carbonyl (C=O) groups is 2. The number of hydrogen-bond donors (Lipinski definition) is 2. The number of amides is 2. The van der Waals surface area contributed by atoms with Gasteiger partial charge in [0.05, 0.1) is 5.69 Å². The maximum Gasteiger partial charge on any atom is 0.242 e. The van der Waals surface area contributed by atoms with Gasteiger partial charge in [0.25, 0.3) is 0 Å². The van der Waals surface area contributed by atoms with Crippen LogP contribution in [0.2, 0.25) is 0 Å². The third kappa shape index (κ3) is 4.71. The van der Waals surface area contributed by atoms with E-state index in [9.17, 15) is 9.59 Å². The molecule has 2 amide bonds. The van der Waals surface area contributed by atoms with Crippen LogP contribution in [0, 0.1) is 5.92 Å². The zero-order valence-corrected chi connectivity index (χ0v) is 15.1. The number of rotatable bonds is 7. The quantitative estimate of drug-likeness (QED) is 0.800. The molecule has 1 heterocycles. The Hall–Kier alpha value is -2.63. The first kappa shape index (κ1) is 18.2. The van der Waals surface area contributed by atoms with Gasteiger partial charge in [-0.2, -0.15) is 5.10 Å². The molecule has 2 N–H and O–H groups in total. The molecular formula is C20H26N4O2. The average Bonchev–Trinajstić information content (AvgIpc) is 3.36. The van der Waals surface area contributed by atoms with Crippen molar-refractivity contribution >= 4 is 11.8 Å².